The minimum absolute atomic E-state index is 0.638. The van der Waals surface area contributed by atoms with E-state index >= 15 is 0 Å². The summed E-state index contributed by atoms with van der Waals surface area (Å²) in [6.45, 7) is 6.87. The van der Waals surface area contributed by atoms with Gasteiger partial charge in [-0.1, -0.05) is 124 Å². The first kappa shape index (κ1) is 35.7. The van der Waals surface area contributed by atoms with Gasteiger partial charge in [-0.05, 0) is 107 Å². The zero-order chi connectivity index (χ0) is 35.3. The summed E-state index contributed by atoms with van der Waals surface area (Å²) in [7, 11) is 0. The summed E-state index contributed by atoms with van der Waals surface area (Å²) in [5.41, 5.74) is 17.5. The van der Waals surface area contributed by atoms with Crippen LogP contribution in [0.15, 0.2) is 158 Å². The van der Waals surface area contributed by atoms with Gasteiger partial charge in [-0.25, -0.2) is 0 Å². The number of nitrogens with zero attached hydrogens (tertiary/aromatic N) is 2. The van der Waals surface area contributed by atoms with Crippen molar-refractivity contribution >= 4 is 34.1 Å². The first-order chi connectivity index (χ1) is 25.2. The molecular formula is C47H52N4. The lowest BCUT2D eigenvalue weighted by molar-refractivity contribution is 0.449. The molecule has 51 heavy (non-hydrogen) atoms. The minimum atomic E-state index is 0.638. The molecule has 0 saturated heterocycles. The molecule has 0 aliphatic carbocycles. The highest BCUT2D eigenvalue weighted by Gasteiger charge is 2.15. The van der Waals surface area contributed by atoms with Gasteiger partial charge in [0.25, 0.3) is 0 Å². The van der Waals surface area contributed by atoms with Crippen molar-refractivity contribution < 1.29 is 0 Å². The van der Waals surface area contributed by atoms with Crippen molar-refractivity contribution in [3.05, 3.63) is 169 Å². The number of hydrogen-bond acceptors (Lipinski definition) is 4. The van der Waals surface area contributed by atoms with E-state index in [1.807, 2.05) is 0 Å². The largest absolute Gasteiger partial charge is 0.329 e. The normalized spacial score (nSPS) is 11.7. The highest BCUT2D eigenvalue weighted by molar-refractivity contribution is 5.80. The predicted octanol–water partition coefficient (Wildman–Crippen LogP) is 12.1. The smallest absolute Gasteiger partial charge is 0.0462 e. The minimum Gasteiger partial charge on any atom is -0.329 e. The molecule has 1 unspecified atom stereocenters. The Hall–Kier alpha value is -5.16. The van der Waals surface area contributed by atoms with Gasteiger partial charge in [0.2, 0.25) is 0 Å². The van der Waals surface area contributed by atoms with E-state index in [-0.39, 0.29) is 0 Å². The molecule has 0 radical (unpaired) electrons. The van der Waals surface area contributed by atoms with Gasteiger partial charge in [0.05, 0.1) is 0 Å². The van der Waals surface area contributed by atoms with Crippen molar-refractivity contribution in [3.63, 3.8) is 0 Å². The highest BCUT2D eigenvalue weighted by Crippen LogP contribution is 2.38. The van der Waals surface area contributed by atoms with Gasteiger partial charge >= 0.3 is 0 Å². The standard InChI is InChI=1S/C47H52N4/c1-3-5-12-37(4-2)35-38-17-25-44(26-18-38)50(42-13-8-6-9-14-42)46-29-21-40(22-30-46)41-23-31-47(32-24-41)51(43-15-10-7-11-16-43)45-27-19-39(20-28-45)36-49-34-33-48/h6-11,13-32,37,49H,3-5,12,33-36,48H2,1-2H3. The molecule has 3 N–H and O–H groups in total. The molecule has 0 aliphatic heterocycles. The zero-order valence-electron chi connectivity index (χ0n) is 30.2. The van der Waals surface area contributed by atoms with Crippen molar-refractivity contribution in [2.24, 2.45) is 11.7 Å². The van der Waals surface area contributed by atoms with E-state index in [1.165, 1.54) is 53.6 Å². The molecule has 0 saturated carbocycles. The van der Waals surface area contributed by atoms with Gasteiger partial charge < -0.3 is 20.9 Å². The van der Waals surface area contributed by atoms with Crippen LogP contribution >= 0.6 is 0 Å². The second kappa shape index (κ2) is 18.2. The molecule has 6 rings (SSSR count). The van der Waals surface area contributed by atoms with E-state index in [4.69, 9.17) is 5.73 Å². The molecular weight excluding hydrogens is 621 g/mol. The number of para-hydroxylation sites is 2. The topological polar surface area (TPSA) is 44.5 Å². The number of nitrogens with two attached hydrogens (primary N) is 1. The van der Waals surface area contributed by atoms with Crippen molar-refractivity contribution in [1.29, 1.82) is 0 Å². The molecule has 0 heterocycles. The van der Waals surface area contributed by atoms with E-state index in [1.54, 1.807) is 0 Å². The molecule has 6 aromatic carbocycles. The third-order valence-corrected chi connectivity index (χ3v) is 9.72. The quantitative estimate of drug-likeness (QED) is 0.0947. The predicted molar refractivity (Wildman–Crippen MR) is 219 cm³/mol. The third-order valence-electron chi connectivity index (χ3n) is 9.72. The first-order valence-corrected chi connectivity index (χ1v) is 18.7. The maximum absolute atomic E-state index is 5.65. The van der Waals surface area contributed by atoms with E-state index in [9.17, 15) is 0 Å². The molecule has 0 aliphatic rings. The monoisotopic (exact) mass is 672 g/mol. The van der Waals surface area contributed by atoms with E-state index in [0.717, 1.165) is 53.9 Å². The van der Waals surface area contributed by atoms with Crippen LogP contribution in [0.3, 0.4) is 0 Å². The molecule has 260 valence electrons. The average Bonchev–Trinajstić information content (AvgIpc) is 3.19. The van der Waals surface area contributed by atoms with Gasteiger partial charge in [-0.2, -0.15) is 0 Å². The fourth-order valence-electron chi connectivity index (χ4n) is 6.81. The van der Waals surface area contributed by atoms with Gasteiger partial charge in [0.1, 0.15) is 0 Å². The molecule has 0 fully saturated rings. The first-order valence-electron chi connectivity index (χ1n) is 18.7. The maximum atomic E-state index is 5.65. The Morgan fingerprint density at radius 2 is 0.922 bits per heavy atom. The van der Waals surface area contributed by atoms with E-state index < -0.39 is 0 Å². The van der Waals surface area contributed by atoms with Crippen LogP contribution in [0.5, 0.6) is 0 Å². The Morgan fingerprint density at radius 3 is 1.33 bits per heavy atom. The van der Waals surface area contributed by atoms with E-state index in [0.29, 0.717) is 6.54 Å². The Morgan fingerprint density at radius 1 is 0.510 bits per heavy atom. The SMILES string of the molecule is CCCCC(CC)Cc1ccc(N(c2ccccc2)c2ccc(-c3ccc(N(c4ccccc4)c4ccc(CNCCN)cc4)cc3)cc2)cc1. The summed E-state index contributed by atoms with van der Waals surface area (Å²) in [4.78, 5) is 4.66. The summed E-state index contributed by atoms with van der Waals surface area (Å²) < 4.78 is 0. The second-order valence-electron chi connectivity index (χ2n) is 13.4. The number of anilines is 6. The lowest BCUT2D eigenvalue weighted by Gasteiger charge is -2.26. The molecule has 0 amide bonds. The van der Waals surface area contributed by atoms with Crippen LogP contribution in [0.1, 0.15) is 50.7 Å². The maximum Gasteiger partial charge on any atom is 0.0462 e. The fraction of sp³-hybridized carbons (Fsp3) is 0.234. The van der Waals surface area contributed by atoms with Gasteiger partial charge in [0.15, 0.2) is 0 Å². The van der Waals surface area contributed by atoms with Crippen LogP contribution in [0.25, 0.3) is 11.1 Å². The Balaban J connectivity index is 1.23. The molecule has 0 aromatic heterocycles. The number of benzene rings is 6. The zero-order valence-corrected chi connectivity index (χ0v) is 30.2. The Labute approximate surface area is 305 Å². The number of nitrogens with one attached hydrogen (secondary N) is 1. The highest BCUT2D eigenvalue weighted by atomic mass is 15.1. The summed E-state index contributed by atoms with van der Waals surface area (Å²) in [6, 6.07) is 57.0. The Kier molecular flexibility index (Phi) is 12.7. The summed E-state index contributed by atoms with van der Waals surface area (Å²) in [6.07, 6.45) is 6.28. The van der Waals surface area contributed by atoms with Crippen LogP contribution in [0.2, 0.25) is 0 Å². The van der Waals surface area contributed by atoms with Crippen molar-refractivity contribution in [1.82, 2.24) is 5.32 Å². The molecule has 0 bridgehead atoms. The van der Waals surface area contributed by atoms with Crippen LogP contribution in [-0.2, 0) is 13.0 Å². The summed E-state index contributed by atoms with van der Waals surface area (Å²) >= 11 is 0. The molecule has 6 aromatic rings. The van der Waals surface area contributed by atoms with Crippen molar-refractivity contribution in [3.8, 4) is 11.1 Å². The summed E-state index contributed by atoms with van der Waals surface area (Å²) in [5, 5.41) is 3.38. The van der Waals surface area contributed by atoms with Gasteiger partial charge in [-0.3, -0.25) is 0 Å². The number of unbranched alkanes of at least 4 members (excludes halogenated alkanes) is 1. The number of hydrogen-bond donors (Lipinski definition) is 2. The van der Waals surface area contributed by atoms with Crippen LogP contribution in [0.4, 0.5) is 34.1 Å². The van der Waals surface area contributed by atoms with Crippen molar-refractivity contribution in [2.75, 3.05) is 22.9 Å². The van der Waals surface area contributed by atoms with Crippen LogP contribution < -0.4 is 20.9 Å². The average molecular weight is 673 g/mol. The molecule has 0 spiro atoms. The summed E-state index contributed by atoms with van der Waals surface area (Å²) in [5.74, 6) is 0.755. The molecule has 1 atom stereocenters. The van der Waals surface area contributed by atoms with E-state index in [2.05, 4.69) is 187 Å². The lowest BCUT2D eigenvalue weighted by Crippen LogP contribution is -2.21. The molecule has 4 heteroatoms. The van der Waals surface area contributed by atoms with Gasteiger partial charge in [0, 0.05) is 53.8 Å². The fourth-order valence-corrected chi connectivity index (χ4v) is 6.81. The third kappa shape index (κ3) is 9.35. The Bertz CT molecular complexity index is 1870. The van der Waals surface area contributed by atoms with Crippen molar-refractivity contribution in [2.45, 2.75) is 52.5 Å². The molecule has 4 nitrogen and oxygen atoms in total. The van der Waals surface area contributed by atoms with Crippen LogP contribution in [-0.4, -0.2) is 13.1 Å². The van der Waals surface area contributed by atoms with Gasteiger partial charge in [-0.15, -0.1) is 0 Å². The number of rotatable bonds is 17. The second-order valence-corrected chi connectivity index (χ2v) is 13.4. The van der Waals surface area contributed by atoms with Crippen LogP contribution in [0, 0.1) is 5.92 Å². The lowest BCUT2D eigenvalue weighted by atomic mass is 9.92.